The first-order chi connectivity index (χ1) is 13.0. The molecule has 0 bridgehead atoms. The minimum absolute atomic E-state index is 0.0625. The van der Waals surface area contributed by atoms with E-state index >= 15 is 0 Å². The minimum atomic E-state index is -1.53. The van der Waals surface area contributed by atoms with E-state index in [0.29, 0.717) is 10.6 Å². The van der Waals surface area contributed by atoms with Crippen LogP contribution in [-0.2, 0) is 4.79 Å². The van der Waals surface area contributed by atoms with Crippen molar-refractivity contribution in [2.24, 2.45) is 0 Å². The molecule has 0 aliphatic carbocycles. The van der Waals surface area contributed by atoms with Gasteiger partial charge in [0.1, 0.15) is 0 Å². The molecule has 136 valence electrons. The summed E-state index contributed by atoms with van der Waals surface area (Å²) in [6.07, 6.45) is 3.00. The number of anilines is 1. The molecule has 0 unspecified atom stereocenters. The molecule has 2 aromatic heterocycles. The van der Waals surface area contributed by atoms with E-state index < -0.39 is 28.9 Å². The molecule has 8 nitrogen and oxygen atoms in total. The van der Waals surface area contributed by atoms with Gasteiger partial charge >= 0.3 is 5.97 Å². The first-order valence-corrected chi connectivity index (χ1v) is 8.52. The number of hydrogen-bond acceptors (Lipinski definition) is 6. The fourth-order valence-corrected chi connectivity index (χ4v) is 3.02. The second-order valence-electron chi connectivity index (χ2n) is 5.31. The Balaban J connectivity index is 1.87. The number of nitrogens with zero attached hydrogens (tertiary/aromatic N) is 1. The van der Waals surface area contributed by atoms with Gasteiger partial charge in [-0.1, -0.05) is 30.3 Å². The number of carbonyl (C=O) groups is 2. The Labute approximate surface area is 156 Å². The van der Waals surface area contributed by atoms with Crippen LogP contribution in [0.5, 0.6) is 5.75 Å². The zero-order valence-corrected chi connectivity index (χ0v) is 14.5. The number of H-pyrrole nitrogens is 1. The molecule has 0 spiro atoms. The molecule has 0 saturated heterocycles. The molecule has 0 atom stereocenters. The lowest BCUT2D eigenvalue weighted by Crippen LogP contribution is -2.15. The molecule has 2 heterocycles. The Bertz CT molecular complexity index is 1090. The smallest absolute Gasteiger partial charge is 0.358 e. The van der Waals surface area contributed by atoms with Crippen LogP contribution in [0.2, 0.25) is 0 Å². The van der Waals surface area contributed by atoms with Crippen molar-refractivity contribution in [2.45, 2.75) is 0 Å². The number of rotatable bonds is 5. The largest absolute Gasteiger partial charge is 0.501 e. The molecule has 1 amide bonds. The van der Waals surface area contributed by atoms with E-state index in [0.717, 1.165) is 16.9 Å². The Hall–Kier alpha value is -3.72. The summed E-state index contributed by atoms with van der Waals surface area (Å²) in [5, 5.41) is 22.9. The van der Waals surface area contributed by atoms with Gasteiger partial charge in [0.25, 0.3) is 5.56 Å². The Kier molecular flexibility index (Phi) is 5.13. The van der Waals surface area contributed by atoms with Crippen LogP contribution in [0.4, 0.5) is 5.69 Å². The van der Waals surface area contributed by atoms with Crippen molar-refractivity contribution in [2.75, 3.05) is 5.32 Å². The lowest BCUT2D eigenvalue weighted by atomic mass is 10.2. The molecule has 0 saturated carbocycles. The molecule has 27 heavy (non-hydrogen) atoms. The zero-order chi connectivity index (χ0) is 19.4. The molecule has 0 aliphatic rings. The number of amides is 1. The number of nitrogens with one attached hydrogen (secondary N) is 2. The van der Waals surface area contributed by atoms with Crippen molar-refractivity contribution in [3.63, 3.8) is 0 Å². The average molecular weight is 383 g/mol. The van der Waals surface area contributed by atoms with Crippen LogP contribution in [0.15, 0.2) is 52.6 Å². The van der Waals surface area contributed by atoms with Gasteiger partial charge in [-0.15, -0.1) is 11.3 Å². The maximum absolute atomic E-state index is 12.1. The molecule has 0 fully saturated rings. The Morgan fingerprint density at radius 1 is 1.19 bits per heavy atom. The highest BCUT2D eigenvalue weighted by atomic mass is 32.1. The number of benzene rings is 1. The predicted octanol–water partition coefficient (Wildman–Crippen LogP) is 2.55. The van der Waals surface area contributed by atoms with Crippen LogP contribution < -0.4 is 10.9 Å². The van der Waals surface area contributed by atoms with Crippen molar-refractivity contribution in [1.82, 2.24) is 9.97 Å². The molecular formula is C18H13N3O5S. The van der Waals surface area contributed by atoms with Crippen molar-refractivity contribution in [3.8, 4) is 16.5 Å². The molecule has 0 radical (unpaired) electrons. The van der Waals surface area contributed by atoms with E-state index in [2.05, 4.69) is 15.3 Å². The number of carbonyl (C=O) groups excluding carboxylic acids is 1. The van der Waals surface area contributed by atoms with Crippen LogP contribution in [0.3, 0.4) is 0 Å². The van der Waals surface area contributed by atoms with Gasteiger partial charge in [-0.3, -0.25) is 9.59 Å². The number of aromatic amines is 1. The standard InChI is InChI=1S/C18H13N3O5S/c22-12(7-6-10-4-2-1-3-5-10)19-11-8-9-27-15(11)16-20-13(18(25)26)14(23)17(24)21-16/h1-9,23H,(H,19,22)(H,25,26)(H,20,21,24)/b7-6+. The Morgan fingerprint density at radius 2 is 1.93 bits per heavy atom. The van der Waals surface area contributed by atoms with Crippen molar-refractivity contribution in [1.29, 1.82) is 0 Å². The van der Waals surface area contributed by atoms with Gasteiger partial charge in [0.05, 0.1) is 10.6 Å². The second kappa shape index (κ2) is 7.67. The van der Waals surface area contributed by atoms with E-state index in [1.807, 2.05) is 30.3 Å². The number of aromatic hydroxyl groups is 1. The predicted molar refractivity (Wildman–Crippen MR) is 101 cm³/mol. The van der Waals surface area contributed by atoms with Gasteiger partial charge < -0.3 is 20.5 Å². The van der Waals surface area contributed by atoms with Gasteiger partial charge in [-0.25, -0.2) is 9.78 Å². The number of aromatic nitrogens is 2. The minimum Gasteiger partial charge on any atom is -0.501 e. The highest BCUT2D eigenvalue weighted by Crippen LogP contribution is 2.31. The fraction of sp³-hybridized carbons (Fsp3) is 0. The molecule has 3 aromatic rings. The topological polar surface area (TPSA) is 132 Å². The van der Waals surface area contributed by atoms with Gasteiger partial charge in [0, 0.05) is 6.08 Å². The van der Waals surface area contributed by atoms with Crippen molar-refractivity contribution < 1.29 is 19.8 Å². The third-order valence-corrected chi connectivity index (χ3v) is 4.38. The van der Waals surface area contributed by atoms with E-state index in [-0.39, 0.29) is 5.82 Å². The number of carboxylic acid groups (broad SMARTS) is 1. The highest BCUT2D eigenvalue weighted by Gasteiger charge is 2.19. The summed E-state index contributed by atoms with van der Waals surface area (Å²) >= 11 is 1.15. The van der Waals surface area contributed by atoms with Gasteiger partial charge in [-0.05, 0) is 23.1 Å². The fourth-order valence-electron chi connectivity index (χ4n) is 2.23. The zero-order valence-electron chi connectivity index (χ0n) is 13.7. The van der Waals surface area contributed by atoms with Crippen LogP contribution in [0, 0.1) is 0 Å². The number of hydrogen-bond donors (Lipinski definition) is 4. The summed E-state index contributed by atoms with van der Waals surface area (Å²) < 4.78 is 0. The van der Waals surface area contributed by atoms with Crippen LogP contribution in [-0.4, -0.2) is 32.1 Å². The van der Waals surface area contributed by atoms with Crippen LogP contribution >= 0.6 is 11.3 Å². The van der Waals surface area contributed by atoms with Crippen LogP contribution in [0.1, 0.15) is 16.1 Å². The number of carboxylic acids is 1. The highest BCUT2D eigenvalue weighted by molar-refractivity contribution is 7.14. The third-order valence-electron chi connectivity index (χ3n) is 3.46. The van der Waals surface area contributed by atoms with Gasteiger partial charge in [-0.2, -0.15) is 0 Å². The molecule has 3 rings (SSSR count). The lowest BCUT2D eigenvalue weighted by Gasteiger charge is -2.06. The SMILES string of the molecule is O=C(/C=C/c1ccccc1)Nc1ccsc1-c1nc(C(=O)O)c(O)c(=O)[nH]1. The molecule has 9 heteroatoms. The van der Waals surface area contributed by atoms with Crippen molar-refractivity contribution in [3.05, 3.63) is 69.5 Å². The van der Waals surface area contributed by atoms with E-state index in [9.17, 15) is 19.5 Å². The van der Waals surface area contributed by atoms with Crippen molar-refractivity contribution >= 4 is 35.0 Å². The summed E-state index contributed by atoms with van der Waals surface area (Å²) in [5.74, 6) is -2.97. The van der Waals surface area contributed by atoms with E-state index in [1.165, 1.54) is 6.08 Å². The van der Waals surface area contributed by atoms with Gasteiger partial charge in [0.2, 0.25) is 11.7 Å². The quantitative estimate of drug-likeness (QED) is 0.501. The summed E-state index contributed by atoms with van der Waals surface area (Å²) in [4.78, 5) is 41.5. The molecule has 1 aromatic carbocycles. The first-order valence-electron chi connectivity index (χ1n) is 7.64. The number of aromatic carboxylic acids is 1. The number of thiophene rings is 1. The summed E-state index contributed by atoms with van der Waals surface area (Å²) in [5.41, 5.74) is -0.530. The molecular weight excluding hydrogens is 370 g/mol. The summed E-state index contributed by atoms with van der Waals surface area (Å²) in [6, 6.07) is 10.9. The third kappa shape index (κ3) is 4.10. The monoisotopic (exact) mass is 383 g/mol. The van der Waals surface area contributed by atoms with Gasteiger partial charge in [0.15, 0.2) is 11.5 Å². The normalized spacial score (nSPS) is 10.8. The lowest BCUT2D eigenvalue weighted by molar-refractivity contribution is -0.111. The second-order valence-corrected chi connectivity index (χ2v) is 6.23. The summed E-state index contributed by atoms with van der Waals surface area (Å²) in [7, 11) is 0. The maximum atomic E-state index is 12.1. The summed E-state index contributed by atoms with van der Waals surface area (Å²) in [6.45, 7) is 0. The molecule has 4 N–H and O–H groups in total. The Morgan fingerprint density at radius 3 is 2.63 bits per heavy atom. The average Bonchev–Trinajstić information content (AvgIpc) is 3.11. The maximum Gasteiger partial charge on any atom is 0.358 e. The van der Waals surface area contributed by atoms with E-state index in [4.69, 9.17) is 5.11 Å². The van der Waals surface area contributed by atoms with Crippen LogP contribution in [0.25, 0.3) is 16.8 Å². The van der Waals surface area contributed by atoms with E-state index in [1.54, 1.807) is 17.5 Å². The molecule has 0 aliphatic heterocycles. The first kappa shape index (κ1) is 18.1.